The molecular formula is C12H16FNO3S. The van der Waals surface area contributed by atoms with Gasteiger partial charge in [0.1, 0.15) is 5.82 Å². The molecule has 6 heteroatoms. The maximum atomic E-state index is 12.8. The molecule has 0 N–H and O–H groups in total. The number of sulfonamides is 1. The fraction of sp³-hybridized carbons (Fsp3) is 0.500. The highest BCUT2D eigenvalue weighted by Gasteiger charge is 2.32. The summed E-state index contributed by atoms with van der Waals surface area (Å²) in [6, 6.07) is 4.88. The highest BCUT2D eigenvalue weighted by Crippen LogP contribution is 2.21. The first-order valence-electron chi connectivity index (χ1n) is 5.81. The summed E-state index contributed by atoms with van der Waals surface area (Å²) in [5, 5.41) is 0. The Morgan fingerprint density at radius 3 is 2.17 bits per heavy atom. The lowest BCUT2D eigenvalue weighted by Gasteiger charge is -2.34. The van der Waals surface area contributed by atoms with Crippen molar-refractivity contribution >= 4 is 10.0 Å². The Balaban J connectivity index is 2.28. The van der Waals surface area contributed by atoms with Crippen LogP contribution >= 0.6 is 0 Å². The Bertz CT molecular complexity index is 505. The summed E-state index contributed by atoms with van der Waals surface area (Å²) in [7, 11) is -3.56. The molecular weight excluding hydrogens is 257 g/mol. The Kier molecular flexibility index (Phi) is 3.70. The van der Waals surface area contributed by atoms with Gasteiger partial charge in [-0.3, -0.25) is 0 Å². The molecule has 1 aromatic rings. The molecule has 100 valence electrons. The molecule has 0 saturated carbocycles. The summed E-state index contributed by atoms with van der Waals surface area (Å²) in [5.41, 5.74) is 0. The molecule has 4 nitrogen and oxygen atoms in total. The first kappa shape index (κ1) is 13.5. The van der Waals surface area contributed by atoms with Gasteiger partial charge in [0.2, 0.25) is 10.0 Å². The molecule has 0 aromatic heterocycles. The number of halogens is 1. The van der Waals surface area contributed by atoms with Crippen LogP contribution in [-0.4, -0.2) is 38.0 Å². The van der Waals surface area contributed by atoms with E-state index in [9.17, 15) is 12.8 Å². The summed E-state index contributed by atoms with van der Waals surface area (Å²) >= 11 is 0. The lowest BCUT2D eigenvalue weighted by Crippen LogP contribution is -2.48. The zero-order valence-electron chi connectivity index (χ0n) is 10.3. The van der Waals surface area contributed by atoms with E-state index in [4.69, 9.17) is 4.74 Å². The van der Waals surface area contributed by atoms with Crippen LogP contribution in [0, 0.1) is 5.82 Å². The predicted octanol–water partition coefficient (Wildman–Crippen LogP) is 1.62. The Morgan fingerprint density at radius 2 is 1.67 bits per heavy atom. The largest absolute Gasteiger partial charge is 0.373 e. The number of ether oxygens (including phenoxy) is 1. The van der Waals surface area contributed by atoms with Crippen molar-refractivity contribution in [2.75, 3.05) is 13.1 Å². The quantitative estimate of drug-likeness (QED) is 0.822. The van der Waals surface area contributed by atoms with Crippen LogP contribution in [-0.2, 0) is 14.8 Å². The van der Waals surface area contributed by atoms with Gasteiger partial charge < -0.3 is 4.74 Å². The SMILES string of the molecule is C[C@H]1CN(S(=O)(=O)c2ccc(F)cc2)C[C@H](C)O1. The minimum Gasteiger partial charge on any atom is -0.373 e. The van der Waals surface area contributed by atoms with Gasteiger partial charge in [-0.1, -0.05) is 0 Å². The van der Waals surface area contributed by atoms with Crippen molar-refractivity contribution in [2.24, 2.45) is 0 Å². The van der Waals surface area contributed by atoms with Gasteiger partial charge in [-0.2, -0.15) is 4.31 Å². The maximum absolute atomic E-state index is 12.8. The molecule has 0 aliphatic carbocycles. The van der Waals surface area contributed by atoms with Gasteiger partial charge in [-0.25, -0.2) is 12.8 Å². The van der Waals surface area contributed by atoms with E-state index in [2.05, 4.69) is 0 Å². The molecule has 2 rings (SSSR count). The topological polar surface area (TPSA) is 46.6 Å². The van der Waals surface area contributed by atoms with Crippen molar-refractivity contribution < 1.29 is 17.5 Å². The van der Waals surface area contributed by atoms with E-state index in [1.807, 2.05) is 13.8 Å². The van der Waals surface area contributed by atoms with E-state index in [0.717, 1.165) is 12.1 Å². The lowest BCUT2D eigenvalue weighted by molar-refractivity contribution is -0.0440. The van der Waals surface area contributed by atoms with Crippen molar-refractivity contribution in [1.82, 2.24) is 4.31 Å². The van der Waals surface area contributed by atoms with Crippen molar-refractivity contribution in [3.63, 3.8) is 0 Å². The second-order valence-electron chi connectivity index (χ2n) is 4.53. The van der Waals surface area contributed by atoms with Crippen LogP contribution in [0.1, 0.15) is 13.8 Å². The minimum atomic E-state index is -3.56. The van der Waals surface area contributed by atoms with E-state index >= 15 is 0 Å². The fourth-order valence-corrected chi connectivity index (χ4v) is 3.67. The number of morpholine rings is 1. The van der Waals surface area contributed by atoms with Crippen LogP contribution in [0.25, 0.3) is 0 Å². The van der Waals surface area contributed by atoms with Crippen molar-refractivity contribution in [3.05, 3.63) is 30.1 Å². The molecule has 0 spiro atoms. The Labute approximate surface area is 106 Å². The number of rotatable bonds is 2. The van der Waals surface area contributed by atoms with E-state index < -0.39 is 15.8 Å². The van der Waals surface area contributed by atoms with Gasteiger partial charge in [0, 0.05) is 13.1 Å². The van der Waals surface area contributed by atoms with Crippen LogP contribution in [0.15, 0.2) is 29.2 Å². The zero-order chi connectivity index (χ0) is 13.3. The van der Waals surface area contributed by atoms with E-state index in [1.165, 1.54) is 16.4 Å². The fourth-order valence-electron chi connectivity index (χ4n) is 2.08. The van der Waals surface area contributed by atoms with Crippen molar-refractivity contribution in [1.29, 1.82) is 0 Å². The minimum absolute atomic E-state index is 0.116. The van der Waals surface area contributed by atoms with Crippen molar-refractivity contribution in [2.45, 2.75) is 31.0 Å². The normalized spacial score (nSPS) is 26.2. The van der Waals surface area contributed by atoms with E-state index in [1.54, 1.807) is 0 Å². The molecule has 1 aromatic carbocycles. The molecule has 0 radical (unpaired) electrons. The molecule has 1 aliphatic heterocycles. The van der Waals surface area contributed by atoms with Gasteiger partial charge >= 0.3 is 0 Å². The molecule has 0 unspecified atom stereocenters. The van der Waals surface area contributed by atoms with Crippen LogP contribution in [0.5, 0.6) is 0 Å². The smallest absolute Gasteiger partial charge is 0.243 e. The summed E-state index contributed by atoms with van der Waals surface area (Å²) < 4.78 is 44.4. The molecule has 0 amide bonds. The standard InChI is InChI=1S/C12H16FNO3S/c1-9-7-14(8-10(2)17-9)18(15,16)12-5-3-11(13)4-6-12/h3-6,9-10H,7-8H2,1-2H3/t9-,10-/m0/s1. The molecule has 1 aliphatic rings. The third-order valence-corrected chi connectivity index (χ3v) is 4.68. The van der Waals surface area contributed by atoms with Crippen LogP contribution in [0.2, 0.25) is 0 Å². The summed E-state index contributed by atoms with van der Waals surface area (Å²) in [5.74, 6) is -0.447. The molecule has 2 atom stereocenters. The highest BCUT2D eigenvalue weighted by atomic mass is 32.2. The molecule has 1 heterocycles. The number of hydrogen-bond acceptors (Lipinski definition) is 3. The van der Waals surface area contributed by atoms with Crippen LogP contribution in [0.4, 0.5) is 4.39 Å². The second kappa shape index (κ2) is 4.95. The maximum Gasteiger partial charge on any atom is 0.243 e. The van der Waals surface area contributed by atoms with Gasteiger partial charge in [0.15, 0.2) is 0 Å². The van der Waals surface area contributed by atoms with Crippen LogP contribution < -0.4 is 0 Å². The van der Waals surface area contributed by atoms with Gasteiger partial charge in [-0.15, -0.1) is 0 Å². The van der Waals surface area contributed by atoms with Gasteiger partial charge in [0.25, 0.3) is 0 Å². The molecule has 0 bridgehead atoms. The third kappa shape index (κ3) is 2.71. The first-order valence-corrected chi connectivity index (χ1v) is 7.25. The summed E-state index contributed by atoms with van der Waals surface area (Å²) in [6.07, 6.45) is -0.270. The monoisotopic (exact) mass is 273 g/mol. The number of nitrogens with zero attached hydrogens (tertiary/aromatic N) is 1. The van der Waals surface area contributed by atoms with Crippen molar-refractivity contribution in [3.8, 4) is 0 Å². The average Bonchev–Trinajstić information content (AvgIpc) is 2.28. The molecule has 1 saturated heterocycles. The van der Waals surface area contributed by atoms with E-state index in [0.29, 0.717) is 13.1 Å². The summed E-state index contributed by atoms with van der Waals surface area (Å²) in [4.78, 5) is 0.116. The zero-order valence-corrected chi connectivity index (χ0v) is 11.2. The van der Waals surface area contributed by atoms with Gasteiger partial charge in [0.05, 0.1) is 17.1 Å². The Hall–Kier alpha value is -0.980. The number of hydrogen-bond donors (Lipinski definition) is 0. The second-order valence-corrected chi connectivity index (χ2v) is 6.47. The Morgan fingerprint density at radius 1 is 1.17 bits per heavy atom. The first-order chi connectivity index (χ1) is 8.39. The third-order valence-electron chi connectivity index (χ3n) is 2.84. The van der Waals surface area contributed by atoms with E-state index in [-0.39, 0.29) is 17.1 Å². The average molecular weight is 273 g/mol. The summed E-state index contributed by atoms with van der Waals surface area (Å²) in [6.45, 7) is 4.32. The highest BCUT2D eigenvalue weighted by molar-refractivity contribution is 7.89. The van der Waals surface area contributed by atoms with Crippen LogP contribution in [0.3, 0.4) is 0 Å². The number of benzene rings is 1. The molecule has 18 heavy (non-hydrogen) atoms. The predicted molar refractivity (Wildman–Crippen MR) is 65.2 cm³/mol. The lowest BCUT2D eigenvalue weighted by atomic mass is 10.3. The molecule has 1 fully saturated rings. The van der Waals surface area contributed by atoms with Gasteiger partial charge in [-0.05, 0) is 38.1 Å².